The Kier molecular flexibility index (Phi) is 5.05. The van der Waals surface area contributed by atoms with Crippen molar-refractivity contribution in [3.05, 3.63) is 79.0 Å². The molecule has 2 aliphatic rings. The Hall–Kier alpha value is -3.05. The van der Waals surface area contributed by atoms with Gasteiger partial charge in [-0.3, -0.25) is 4.90 Å². The average Bonchev–Trinajstić information content (AvgIpc) is 2.80. The molecule has 2 aliphatic heterocycles. The molecule has 148 valence electrons. The number of ether oxygens (including phenoxy) is 1. The summed E-state index contributed by atoms with van der Waals surface area (Å²) in [5.74, 6) is 2.05. The SMILES string of the molecule is c1ccc(N2CC(CN3CCN(c4ccccn4)CC3)Oc3ccccc32)cc1. The largest absolute Gasteiger partial charge is 0.485 e. The highest BCUT2D eigenvalue weighted by Crippen LogP contribution is 2.38. The van der Waals surface area contributed by atoms with E-state index >= 15 is 0 Å². The zero-order valence-corrected chi connectivity index (χ0v) is 16.5. The Morgan fingerprint density at radius 2 is 1.59 bits per heavy atom. The van der Waals surface area contributed by atoms with E-state index in [0.717, 1.165) is 56.5 Å². The lowest BCUT2D eigenvalue weighted by Crippen LogP contribution is -2.52. The van der Waals surface area contributed by atoms with Gasteiger partial charge in [0.1, 0.15) is 17.7 Å². The van der Waals surface area contributed by atoms with Crippen LogP contribution in [-0.4, -0.2) is 55.3 Å². The van der Waals surface area contributed by atoms with E-state index in [4.69, 9.17) is 4.74 Å². The number of para-hydroxylation sites is 3. The van der Waals surface area contributed by atoms with E-state index in [-0.39, 0.29) is 6.10 Å². The van der Waals surface area contributed by atoms with Crippen molar-refractivity contribution in [3.63, 3.8) is 0 Å². The Bertz CT molecular complexity index is 926. The molecule has 2 aromatic carbocycles. The molecule has 3 heterocycles. The molecule has 1 unspecified atom stereocenters. The highest BCUT2D eigenvalue weighted by Gasteiger charge is 2.29. The third-order valence-electron chi connectivity index (χ3n) is 5.71. The summed E-state index contributed by atoms with van der Waals surface area (Å²) in [5, 5.41) is 0. The molecule has 0 radical (unpaired) electrons. The first-order chi connectivity index (χ1) is 14.4. The Labute approximate surface area is 172 Å². The van der Waals surface area contributed by atoms with Gasteiger partial charge in [0.05, 0.1) is 12.2 Å². The number of pyridine rings is 1. The summed E-state index contributed by atoms with van der Waals surface area (Å²) in [5.41, 5.74) is 2.36. The standard InChI is InChI=1S/C24H26N4O/c1-2-8-20(9-3-1)28-19-21(29-23-11-5-4-10-22(23)28)18-26-14-16-27(17-15-26)24-12-6-7-13-25-24/h1-13,21H,14-19H2. The normalized spacial score (nSPS) is 19.5. The average molecular weight is 386 g/mol. The smallest absolute Gasteiger partial charge is 0.143 e. The minimum atomic E-state index is 0.145. The minimum absolute atomic E-state index is 0.145. The molecule has 5 heteroatoms. The second-order valence-corrected chi connectivity index (χ2v) is 7.63. The molecule has 5 nitrogen and oxygen atoms in total. The summed E-state index contributed by atoms with van der Waals surface area (Å²) in [7, 11) is 0. The fourth-order valence-corrected chi connectivity index (χ4v) is 4.23. The van der Waals surface area contributed by atoms with Crippen molar-refractivity contribution < 1.29 is 4.74 Å². The van der Waals surface area contributed by atoms with Gasteiger partial charge in [-0.05, 0) is 36.4 Å². The minimum Gasteiger partial charge on any atom is -0.485 e. The van der Waals surface area contributed by atoms with E-state index in [0.29, 0.717) is 0 Å². The summed E-state index contributed by atoms with van der Waals surface area (Å²) in [4.78, 5) is 11.8. The Morgan fingerprint density at radius 1 is 0.828 bits per heavy atom. The fourth-order valence-electron chi connectivity index (χ4n) is 4.23. The van der Waals surface area contributed by atoms with Crippen LogP contribution in [0.1, 0.15) is 0 Å². The van der Waals surface area contributed by atoms with E-state index in [1.165, 1.54) is 5.69 Å². The van der Waals surface area contributed by atoms with Crippen LogP contribution < -0.4 is 14.5 Å². The number of anilines is 3. The molecule has 5 rings (SSSR count). The lowest BCUT2D eigenvalue weighted by molar-refractivity contribution is 0.127. The van der Waals surface area contributed by atoms with Crippen LogP contribution in [0.2, 0.25) is 0 Å². The molecule has 1 saturated heterocycles. The van der Waals surface area contributed by atoms with Gasteiger partial charge in [-0.15, -0.1) is 0 Å². The second kappa shape index (κ2) is 8.13. The molecule has 1 atom stereocenters. The summed E-state index contributed by atoms with van der Waals surface area (Å²) in [6, 6.07) is 25.1. The first kappa shape index (κ1) is 18.0. The number of nitrogens with zero attached hydrogens (tertiary/aromatic N) is 4. The number of piperazine rings is 1. The number of fused-ring (bicyclic) bond motifs is 1. The van der Waals surface area contributed by atoms with Crippen LogP contribution in [-0.2, 0) is 0 Å². The van der Waals surface area contributed by atoms with E-state index < -0.39 is 0 Å². The number of benzene rings is 2. The van der Waals surface area contributed by atoms with Gasteiger partial charge in [0.15, 0.2) is 0 Å². The van der Waals surface area contributed by atoms with Gasteiger partial charge in [0.2, 0.25) is 0 Å². The lowest BCUT2D eigenvalue weighted by atomic mass is 10.1. The van der Waals surface area contributed by atoms with Crippen molar-refractivity contribution in [2.45, 2.75) is 6.10 Å². The quantitative estimate of drug-likeness (QED) is 0.681. The predicted octanol–water partition coefficient (Wildman–Crippen LogP) is 3.80. The van der Waals surface area contributed by atoms with Crippen molar-refractivity contribution in [1.82, 2.24) is 9.88 Å². The van der Waals surface area contributed by atoms with Crippen LogP contribution in [0.25, 0.3) is 0 Å². The zero-order valence-electron chi connectivity index (χ0n) is 16.5. The topological polar surface area (TPSA) is 31.8 Å². The van der Waals surface area contributed by atoms with Crippen LogP contribution in [0.15, 0.2) is 79.0 Å². The Morgan fingerprint density at radius 3 is 2.38 bits per heavy atom. The molecule has 0 amide bonds. The summed E-state index contributed by atoms with van der Waals surface area (Å²) >= 11 is 0. The zero-order chi connectivity index (χ0) is 19.5. The van der Waals surface area contributed by atoms with Crippen LogP contribution in [0, 0.1) is 0 Å². The third-order valence-corrected chi connectivity index (χ3v) is 5.71. The summed E-state index contributed by atoms with van der Waals surface area (Å²) < 4.78 is 6.39. The first-order valence-electron chi connectivity index (χ1n) is 10.3. The second-order valence-electron chi connectivity index (χ2n) is 7.63. The lowest BCUT2D eigenvalue weighted by Gasteiger charge is -2.40. The molecular formula is C24H26N4O. The number of rotatable bonds is 4. The van der Waals surface area contributed by atoms with Crippen molar-refractivity contribution in [2.24, 2.45) is 0 Å². The fraction of sp³-hybridized carbons (Fsp3) is 0.292. The summed E-state index contributed by atoms with van der Waals surface area (Å²) in [6.45, 7) is 5.87. The molecule has 29 heavy (non-hydrogen) atoms. The van der Waals surface area contributed by atoms with Crippen LogP contribution in [0.3, 0.4) is 0 Å². The van der Waals surface area contributed by atoms with Gasteiger partial charge < -0.3 is 14.5 Å². The van der Waals surface area contributed by atoms with Crippen molar-refractivity contribution in [3.8, 4) is 5.75 Å². The molecule has 1 aromatic heterocycles. The molecule has 0 spiro atoms. The monoisotopic (exact) mass is 386 g/mol. The van der Waals surface area contributed by atoms with Crippen molar-refractivity contribution in [1.29, 1.82) is 0 Å². The van der Waals surface area contributed by atoms with E-state index in [1.54, 1.807) is 0 Å². The predicted molar refractivity (Wildman–Crippen MR) is 117 cm³/mol. The highest BCUT2D eigenvalue weighted by atomic mass is 16.5. The molecule has 1 fully saturated rings. The van der Waals surface area contributed by atoms with Gasteiger partial charge in [-0.2, -0.15) is 0 Å². The van der Waals surface area contributed by atoms with Gasteiger partial charge in [0, 0.05) is 44.6 Å². The number of hydrogen-bond acceptors (Lipinski definition) is 5. The molecule has 0 bridgehead atoms. The summed E-state index contributed by atoms with van der Waals surface area (Å²) in [6.07, 6.45) is 2.01. The Balaban J connectivity index is 1.27. The third kappa shape index (κ3) is 3.91. The molecule has 3 aromatic rings. The molecule has 0 saturated carbocycles. The van der Waals surface area contributed by atoms with Gasteiger partial charge in [-0.1, -0.05) is 36.4 Å². The van der Waals surface area contributed by atoms with E-state index in [2.05, 4.69) is 86.4 Å². The maximum Gasteiger partial charge on any atom is 0.143 e. The molecular weight excluding hydrogens is 360 g/mol. The number of hydrogen-bond donors (Lipinski definition) is 0. The van der Waals surface area contributed by atoms with E-state index in [9.17, 15) is 0 Å². The van der Waals surface area contributed by atoms with Gasteiger partial charge in [-0.25, -0.2) is 4.98 Å². The van der Waals surface area contributed by atoms with Crippen LogP contribution in [0.4, 0.5) is 17.2 Å². The maximum atomic E-state index is 6.39. The van der Waals surface area contributed by atoms with Crippen LogP contribution in [0.5, 0.6) is 5.75 Å². The molecule has 0 aliphatic carbocycles. The highest BCUT2D eigenvalue weighted by molar-refractivity contribution is 5.70. The van der Waals surface area contributed by atoms with Crippen molar-refractivity contribution >= 4 is 17.2 Å². The van der Waals surface area contributed by atoms with E-state index in [1.807, 2.05) is 12.3 Å². The van der Waals surface area contributed by atoms with Crippen molar-refractivity contribution in [2.75, 3.05) is 49.1 Å². The van der Waals surface area contributed by atoms with Crippen LogP contribution >= 0.6 is 0 Å². The van der Waals surface area contributed by atoms with Gasteiger partial charge >= 0.3 is 0 Å². The number of aromatic nitrogens is 1. The first-order valence-corrected chi connectivity index (χ1v) is 10.3. The maximum absolute atomic E-state index is 6.39. The molecule has 0 N–H and O–H groups in total. The van der Waals surface area contributed by atoms with Gasteiger partial charge in [0.25, 0.3) is 0 Å².